The molecular formula is C21H17N3O4S. The van der Waals surface area contributed by atoms with Crippen molar-refractivity contribution in [2.24, 2.45) is 0 Å². The maximum absolute atomic E-state index is 13.1. The summed E-state index contributed by atoms with van der Waals surface area (Å²) in [6, 6.07) is 14.7. The molecule has 5 rings (SSSR count). The van der Waals surface area contributed by atoms with Crippen LogP contribution >= 0.6 is 11.8 Å². The fourth-order valence-corrected chi connectivity index (χ4v) is 4.68. The van der Waals surface area contributed by atoms with Crippen LogP contribution in [0.5, 0.6) is 0 Å². The quantitative estimate of drug-likeness (QED) is 0.662. The molecule has 3 aromatic rings. The Kier molecular flexibility index (Phi) is 4.35. The summed E-state index contributed by atoms with van der Waals surface area (Å²) in [4.78, 5) is 40.0. The predicted octanol–water partition coefficient (Wildman–Crippen LogP) is 3.40. The van der Waals surface area contributed by atoms with E-state index in [-0.39, 0.29) is 28.8 Å². The molecule has 7 nitrogen and oxygen atoms in total. The van der Waals surface area contributed by atoms with E-state index in [0.29, 0.717) is 36.4 Å². The minimum atomic E-state index is -0.242. The van der Waals surface area contributed by atoms with Crippen molar-refractivity contribution in [3.8, 4) is 11.3 Å². The maximum Gasteiger partial charge on any atom is 0.289 e. The number of nitrogens with zero attached hydrogens (tertiary/aromatic N) is 3. The number of hydrogen-bond acceptors (Lipinski definition) is 6. The molecule has 2 aromatic carbocycles. The molecule has 2 aliphatic heterocycles. The van der Waals surface area contributed by atoms with Gasteiger partial charge in [-0.15, -0.1) is 0 Å². The van der Waals surface area contributed by atoms with Crippen LogP contribution < -0.4 is 0 Å². The Bertz CT molecular complexity index is 1110. The van der Waals surface area contributed by atoms with Crippen molar-refractivity contribution in [2.45, 2.75) is 12.5 Å². The molecule has 2 saturated heterocycles. The minimum Gasteiger partial charge on any atom is -0.355 e. The summed E-state index contributed by atoms with van der Waals surface area (Å²) >= 11 is 1.02. The van der Waals surface area contributed by atoms with Gasteiger partial charge in [-0.2, -0.15) is 0 Å². The lowest BCUT2D eigenvalue weighted by molar-refractivity contribution is -0.126. The van der Waals surface area contributed by atoms with Crippen molar-refractivity contribution in [3.05, 3.63) is 54.1 Å². The first kappa shape index (κ1) is 17.9. The molecule has 0 aliphatic carbocycles. The van der Waals surface area contributed by atoms with Crippen LogP contribution in [0.25, 0.3) is 22.2 Å². The number of amides is 3. The van der Waals surface area contributed by atoms with Crippen LogP contribution in [0.15, 0.2) is 53.1 Å². The molecule has 2 fully saturated rings. The molecule has 1 unspecified atom stereocenters. The highest BCUT2D eigenvalue weighted by atomic mass is 32.2. The Hall–Kier alpha value is -3.13. The molecule has 0 N–H and O–H groups in total. The van der Waals surface area contributed by atoms with Gasteiger partial charge in [-0.25, -0.2) is 0 Å². The third-order valence-electron chi connectivity index (χ3n) is 5.36. The van der Waals surface area contributed by atoms with E-state index in [1.165, 1.54) is 4.90 Å². The molecule has 0 spiro atoms. The van der Waals surface area contributed by atoms with Gasteiger partial charge in [0, 0.05) is 24.2 Å². The van der Waals surface area contributed by atoms with Crippen molar-refractivity contribution < 1.29 is 18.9 Å². The maximum atomic E-state index is 13.1. The van der Waals surface area contributed by atoms with Gasteiger partial charge in [0.05, 0.1) is 17.2 Å². The standard InChI is InChI=1S/C21H17N3O4S/c25-18-12-29-21(27)24(18)15-8-9-23(11-15)20(26)14-6-7-17-16(10-14)19(28-22-17)13-4-2-1-3-5-13/h1-7,10,15H,8-9,11-12H2. The first-order valence-corrected chi connectivity index (χ1v) is 10.3. The van der Waals surface area contributed by atoms with Crippen LogP contribution in [-0.2, 0) is 4.79 Å². The molecule has 1 aromatic heterocycles. The van der Waals surface area contributed by atoms with Crippen molar-refractivity contribution >= 4 is 39.7 Å². The SMILES string of the molecule is O=C(c1ccc2noc(-c3ccccc3)c2c1)N1CCC(N2C(=O)CSC2=O)C1. The van der Waals surface area contributed by atoms with Gasteiger partial charge in [0.15, 0.2) is 5.76 Å². The van der Waals surface area contributed by atoms with Gasteiger partial charge in [0.25, 0.3) is 11.1 Å². The number of rotatable bonds is 3. The number of benzene rings is 2. The number of carbonyl (C=O) groups is 3. The molecule has 3 amide bonds. The number of hydrogen-bond donors (Lipinski definition) is 0. The van der Waals surface area contributed by atoms with E-state index in [0.717, 1.165) is 22.7 Å². The number of imide groups is 1. The van der Waals surface area contributed by atoms with Crippen molar-refractivity contribution in [3.63, 3.8) is 0 Å². The van der Waals surface area contributed by atoms with Crippen LogP contribution in [0.1, 0.15) is 16.8 Å². The highest BCUT2D eigenvalue weighted by molar-refractivity contribution is 8.14. The van der Waals surface area contributed by atoms with E-state index in [2.05, 4.69) is 5.16 Å². The zero-order valence-corrected chi connectivity index (χ0v) is 16.2. The third-order valence-corrected chi connectivity index (χ3v) is 6.19. The van der Waals surface area contributed by atoms with Crippen molar-refractivity contribution in [1.29, 1.82) is 0 Å². The lowest BCUT2D eigenvalue weighted by Crippen LogP contribution is -2.41. The molecule has 29 heavy (non-hydrogen) atoms. The topological polar surface area (TPSA) is 83.7 Å². The number of likely N-dealkylation sites (tertiary alicyclic amines) is 1. The Labute approximate surface area is 170 Å². The normalized spacial score (nSPS) is 19.5. The molecular weight excluding hydrogens is 390 g/mol. The van der Waals surface area contributed by atoms with Crippen LogP contribution in [-0.4, -0.2) is 56.9 Å². The largest absolute Gasteiger partial charge is 0.355 e. The summed E-state index contributed by atoms with van der Waals surface area (Å²) in [6.45, 7) is 0.878. The van der Waals surface area contributed by atoms with Gasteiger partial charge < -0.3 is 9.42 Å². The van der Waals surface area contributed by atoms with Gasteiger partial charge in [-0.1, -0.05) is 47.3 Å². The van der Waals surface area contributed by atoms with Crippen LogP contribution in [0, 0.1) is 0 Å². The third kappa shape index (κ3) is 3.09. The Balaban J connectivity index is 1.40. The average molecular weight is 407 g/mol. The Morgan fingerprint density at radius 2 is 1.97 bits per heavy atom. The van der Waals surface area contributed by atoms with Crippen LogP contribution in [0.2, 0.25) is 0 Å². The Morgan fingerprint density at radius 3 is 2.72 bits per heavy atom. The fraction of sp³-hybridized carbons (Fsp3) is 0.238. The Morgan fingerprint density at radius 1 is 1.14 bits per heavy atom. The second-order valence-corrected chi connectivity index (χ2v) is 8.05. The summed E-state index contributed by atoms with van der Waals surface area (Å²) in [7, 11) is 0. The number of aromatic nitrogens is 1. The summed E-state index contributed by atoms with van der Waals surface area (Å²) in [6.07, 6.45) is 0.606. The highest BCUT2D eigenvalue weighted by Gasteiger charge is 2.40. The smallest absolute Gasteiger partial charge is 0.289 e. The van der Waals surface area contributed by atoms with Gasteiger partial charge in [-0.05, 0) is 24.6 Å². The second-order valence-electron chi connectivity index (χ2n) is 7.12. The van der Waals surface area contributed by atoms with Gasteiger partial charge >= 0.3 is 0 Å². The molecule has 0 bridgehead atoms. The summed E-state index contributed by atoms with van der Waals surface area (Å²) in [5, 5.41) is 4.65. The van der Waals surface area contributed by atoms with Crippen molar-refractivity contribution in [1.82, 2.24) is 15.0 Å². The highest BCUT2D eigenvalue weighted by Crippen LogP contribution is 2.31. The van der Waals surface area contributed by atoms with Crippen LogP contribution in [0.3, 0.4) is 0 Å². The van der Waals surface area contributed by atoms with E-state index in [1.54, 1.807) is 23.1 Å². The second kappa shape index (κ2) is 7.04. The predicted molar refractivity (Wildman–Crippen MR) is 108 cm³/mol. The van der Waals surface area contributed by atoms with Gasteiger partial charge in [-0.3, -0.25) is 19.3 Å². The molecule has 2 aliphatic rings. The molecule has 8 heteroatoms. The minimum absolute atomic E-state index is 0.124. The summed E-state index contributed by atoms with van der Waals surface area (Å²) < 4.78 is 5.51. The number of carbonyl (C=O) groups excluding carboxylic acids is 3. The molecule has 0 radical (unpaired) electrons. The van der Waals surface area contributed by atoms with Gasteiger partial charge in [0.2, 0.25) is 5.91 Å². The molecule has 1 atom stereocenters. The van der Waals surface area contributed by atoms with E-state index < -0.39 is 0 Å². The zero-order valence-electron chi connectivity index (χ0n) is 15.4. The first-order chi connectivity index (χ1) is 14.1. The lowest BCUT2D eigenvalue weighted by Gasteiger charge is -2.22. The monoisotopic (exact) mass is 407 g/mol. The number of thioether (sulfide) groups is 1. The molecule has 3 heterocycles. The zero-order chi connectivity index (χ0) is 20.0. The lowest BCUT2D eigenvalue weighted by atomic mass is 10.1. The van der Waals surface area contributed by atoms with E-state index in [1.807, 2.05) is 30.3 Å². The van der Waals surface area contributed by atoms with E-state index in [4.69, 9.17) is 4.52 Å². The van der Waals surface area contributed by atoms with E-state index in [9.17, 15) is 14.4 Å². The number of fused-ring (bicyclic) bond motifs is 1. The summed E-state index contributed by atoms with van der Waals surface area (Å²) in [5.41, 5.74) is 2.11. The van der Waals surface area contributed by atoms with E-state index >= 15 is 0 Å². The summed E-state index contributed by atoms with van der Waals surface area (Å²) in [5.74, 6) is 0.522. The molecule has 146 valence electrons. The molecule has 0 saturated carbocycles. The van der Waals surface area contributed by atoms with Gasteiger partial charge in [0.1, 0.15) is 5.52 Å². The fourth-order valence-electron chi connectivity index (χ4n) is 3.91. The first-order valence-electron chi connectivity index (χ1n) is 9.35. The van der Waals surface area contributed by atoms with Crippen LogP contribution in [0.4, 0.5) is 4.79 Å². The van der Waals surface area contributed by atoms with Crippen molar-refractivity contribution in [2.75, 3.05) is 18.8 Å². The average Bonchev–Trinajstić information content (AvgIpc) is 3.46.